The Kier molecular flexibility index (Phi) is 6.55. The number of hydrogen-bond donors (Lipinski definition) is 3. The highest BCUT2D eigenvalue weighted by atomic mass is 19.3. The van der Waals surface area contributed by atoms with E-state index < -0.39 is 12.6 Å². The summed E-state index contributed by atoms with van der Waals surface area (Å²) in [6, 6.07) is 5.39. The highest BCUT2D eigenvalue weighted by Gasteiger charge is 2.26. The summed E-state index contributed by atoms with van der Waals surface area (Å²) in [5, 5.41) is 14.6. The number of halogens is 2. The minimum atomic E-state index is -2.87. The molecular weight excluding hydrogens is 334 g/mol. The number of urea groups is 1. The number of rotatable bonds is 6. The molecule has 0 aliphatic heterocycles. The average Bonchev–Trinajstić information content (AvgIpc) is 2.55. The zero-order chi connectivity index (χ0) is 18.4. The molecule has 1 unspecified atom stereocenters. The summed E-state index contributed by atoms with van der Waals surface area (Å²) in [4.78, 5) is 23.0. The zero-order valence-electron chi connectivity index (χ0n) is 13.9. The maximum atomic E-state index is 12.1. The van der Waals surface area contributed by atoms with E-state index in [0.717, 1.165) is 5.56 Å². The van der Waals surface area contributed by atoms with Gasteiger partial charge in [0.1, 0.15) is 5.75 Å². The molecule has 1 aliphatic rings. The van der Waals surface area contributed by atoms with Crippen LogP contribution in [0, 0.1) is 5.92 Å². The van der Waals surface area contributed by atoms with Crippen molar-refractivity contribution in [2.45, 2.75) is 51.3 Å². The summed E-state index contributed by atoms with van der Waals surface area (Å²) in [5.41, 5.74) is 0.756. The summed E-state index contributed by atoms with van der Waals surface area (Å²) < 4.78 is 28.5. The van der Waals surface area contributed by atoms with E-state index in [-0.39, 0.29) is 29.8 Å². The van der Waals surface area contributed by atoms with E-state index in [1.54, 1.807) is 19.1 Å². The first-order valence-electron chi connectivity index (χ1n) is 8.19. The number of benzene rings is 1. The van der Waals surface area contributed by atoms with Crippen LogP contribution in [0.3, 0.4) is 0 Å². The third-order valence-electron chi connectivity index (χ3n) is 4.36. The zero-order valence-corrected chi connectivity index (χ0v) is 13.9. The maximum Gasteiger partial charge on any atom is 0.387 e. The highest BCUT2D eigenvalue weighted by molar-refractivity contribution is 5.75. The first kappa shape index (κ1) is 19.0. The molecule has 1 aromatic rings. The minimum Gasteiger partial charge on any atom is -0.481 e. The summed E-state index contributed by atoms with van der Waals surface area (Å²) >= 11 is 0. The summed E-state index contributed by atoms with van der Waals surface area (Å²) in [6.45, 7) is -1.09. The smallest absolute Gasteiger partial charge is 0.387 e. The SMILES string of the molecule is CC(NC(=O)NC1CCC(C(=O)O)CC1)c1ccc(OC(F)F)cc1. The molecule has 2 rings (SSSR count). The Hall–Kier alpha value is -2.38. The second-order valence-corrected chi connectivity index (χ2v) is 6.17. The third-order valence-corrected chi connectivity index (χ3v) is 4.36. The Morgan fingerprint density at radius 2 is 1.76 bits per heavy atom. The van der Waals surface area contributed by atoms with Crippen molar-refractivity contribution >= 4 is 12.0 Å². The van der Waals surface area contributed by atoms with Crippen molar-refractivity contribution < 1.29 is 28.2 Å². The lowest BCUT2D eigenvalue weighted by atomic mass is 9.86. The number of amides is 2. The van der Waals surface area contributed by atoms with Gasteiger partial charge in [-0.25, -0.2) is 4.79 Å². The second-order valence-electron chi connectivity index (χ2n) is 6.17. The normalized spacial score (nSPS) is 21.4. The van der Waals surface area contributed by atoms with Crippen molar-refractivity contribution in [3.05, 3.63) is 29.8 Å². The fourth-order valence-corrected chi connectivity index (χ4v) is 2.93. The van der Waals surface area contributed by atoms with Crippen LogP contribution in [0.4, 0.5) is 13.6 Å². The van der Waals surface area contributed by atoms with Crippen LogP contribution in [0.2, 0.25) is 0 Å². The van der Waals surface area contributed by atoms with E-state index in [9.17, 15) is 18.4 Å². The predicted octanol–water partition coefficient (Wildman–Crippen LogP) is 3.29. The molecule has 0 spiro atoms. The van der Waals surface area contributed by atoms with Crippen LogP contribution in [-0.4, -0.2) is 29.8 Å². The Labute approximate surface area is 144 Å². The molecule has 8 heteroatoms. The van der Waals surface area contributed by atoms with Crippen LogP contribution in [0.15, 0.2) is 24.3 Å². The lowest BCUT2D eigenvalue weighted by Gasteiger charge is -2.27. The van der Waals surface area contributed by atoms with Crippen molar-refractivity contribution in [1.29, 1.82) is 0 Å². The molecule has 1 aromatic carbocycles. The van der Waals surface area contributed by atoms with E-state index in [0.29, 0.717) is 25.7 Å². The quantitative estimate of drug-likeness (QED) is 0.730. The van der Waals surface area contributed by atoms with E-state index in [1.807, 2.05) is 0 Å². The molecule has 1 aliphatic carbocycles. The number of carboxylic acids is 1. The van der Waals surface area contributed by atoms with Crippen molar-refractivity contribution in [1.82, 2.24) is 10.6 Å². The molecule has 0 saturated heterocycles. The number of aliphatic carboxylic acids is 1. The van der Waals surface area contributed by atoms with Crippen LogP contribution in [0.5, 0.6) is 5.75 Å². The maximum absolute atomic E-state index is 12.1. The molecular formula is C17H22F2N2O4. The van der Waals surface area contributed by atoms with Gasteiger partial charge in [-0.3, -0.25) is 4.79 Å². The lowest BCUT2D eigenvalue weighted by molar-refractivity contribution is -0.142. The lowest BCUT2D eigenvalue weighted by Crippen LogP contribution is -2.44. The number of alkyl halides is 2. The van der Waals surface area contributed by atoms with Gasteiger partial charge in [-0.05, 0) is 50.3 Å². The number of carbonyl (C=O) groups is 2. The molecule has 138 valence electrons. The molecule has 2 amide bonds. The Morgan fingerprint density at radius 3 is 2.28 bits per heavy atom. The molecule has 0 heterocycles. The summed E-state index contributed by atoms with van der Waals surface area (Å²) in [7, 11) is 0. The number of carbonyl (C=O) groups excluding carboxylic acids is 1. The Morgan fingerprint density at radius 1 is 1.16 bits per heavy atom. The Balaban J connectivity index is 1.79. The van der Waals surface area contributed by atoms with Crippen molar-refractivity contribution in [2.24, 2.45) is 5.92 Å². The molecule has 6 nitrogen and oxygen atoms in total. The molecule has 25 heavy (non-hydrogen) atoms. The Bertz CT molecular complexity index is 587. The molecule has 0 aromatic heterocycles. The third kappa shape index (κ3) is 5.88. The predicted molar refractivity (Wildman–Crippen MR) is 86.5 cm³/mol. The van der Waals surface area contributed by atoms with Gasteiger partial charge in [0.25, 0.3) is 0 Å². The average molecular weight is 356 g/mol. The van der Waals surface area contributed by atoms with Crippen LogP contribution in [0.25, 0.3) is 0 Å². The van der Waals surface area contributed by atoms with Crippen LogP contribution in [-0.2, 0) is 4.79 Å². The number of nitrogens with one attached hydrogen (secondary N) is 2. The van der Waals surface area contributed by atoms with E-state index in [1.165, 1.54) is 12.1 Å². The minimum absolute atomic E-state index is 0.0374. The molecule has 3 N–H and O–H groups in total. The van der Waals surface area contributed by atoms with Gasteiger partial charge in [-0.1, -0.05) is 12.1 Å². The fourth-order valence-electron chi connectivity index (χ4n) is 2.93. The monoisotopic (exact) mass is 356 g/mol. The van der Waals surface area contributed by atoms with Crippen molar-refractivity contribution in [3.63, 3.8) is 0 Å². The van der Waals surface area contributed by atoms with Gasteiger partial charge in [0.2, 0.25) is 0 Å². The molecule has 1 atom stereocenters. The van der Waals surface area contributed by atoms with Crippen molar-refractivity contribution in [2.75, 3.05) is 0 Å². The fraction of sp³-hybridized carbons (Fsp3) is 0.529. The van der Waals surface area contributed by atoms with E-state index >= 15 is 0 Å². The van der Waals surface area contributed by atoms with Crippen LogP contribution in [0.1, 0.15) is 44.2 Å². The van der Waals surface area contributed by atoms with E-state index in [2.05, 4.69) is 15.4 Å². The van der Waals surface area contributed by atoms with Gasteiger partial charge in [-0.15, -0.1) is 0 Å². The van der Waals surface area contributed by atoms with Gasteiger partial charge in [0, 0.05) is 6.04 Å². The standard InChI is InChI=1S/C17H22F2N2O4/c1-10(11-4-8-14(9-5-11)25-16(18)19)20-17(24)21-13-6-2-12(3-7-13)15(22)23/h4-5,8-10,12-13,16H,2-3,6-7H2,1H3,(H,22,23)(H2,20,21,24). The molecule has 1 saturated carbocycles. The van der Waals surface area contributed by atoms with Gasteiger partial charge < -0.3 is 20.5 Å². The van der Waals surface area contributed by atoms with Gasteiger partial charge in [0.05, 0.1) is 12.0 Å². The van der Waals surface area contributed by atoms with E-state index in [4.69, 9.17) is 5.11 Å². The highest BCUT2D eigenvalue weighted by Crippen LogP contribution is 2.24. The molecule has 0 radical (unpaired) electrons. The first-order valence-corrected chi connectivity index (χ1v) is 8.19. The number of carboxylic acid groups (broad SMARTS) is 1. The largest absolute Gasteiger partial charge is 0.481 e. The van der Waals surface area contributed by atoms with Crippen molar-refractivity contribution in [3.8, 4) is 5.75 Å². The van der Waals surface area contributed by atoms with Gasteiger partial charge in [-0.2, -0.15) is 8.78 Å². The number of ether oxygens (including phenoxy) is 1. The van der Waals surface area contributed by atoms with Gasteiger partial charge in [0.15, 0.2) is 0 Å². The molecule has 0 bridgehead atoms. The summed E-state index contributed by atoms with van der Waals surface area (Å²) in [5.74, 6) is -1.05. The second kappa shape index (κ2) is 8.64. The topological polar surface area (TPSA) is 87.7 Å². The van der Waals surface area contributed by atoms with Crippen LogP contribution < -0.4 is 15.4 Å². The first-order chi connectivity index (χ1) is 11.8. The molecule has 1 fully saturated rings. The van der Waals surface area contributed by atoms with Crippen LogP contribution >= 0.6 is 0 Å². The van der Waals surface area contributed by atoms with Gasteiger partial charge >= 0.3 is 18.6 Å². The summed E-state index contributed by atoms with van der Waals surface area (Å²) in [6.07, 6.45) is 2.39. The number of hydrogen-bond acceptors (Lipinski definition) is 3.